The molecule has 2 rings (SSSR count). The van der Waals surface area contributed by atoms with Gasteiger partial charge in [-0.05, 0) is 31.4 Å². The molecule has 0 unspecified atom stereocenters. The number of methoxy groups -OCH3 is 1. The average Bonchev–Trinajstić information content (AvgIpc) is 2.87. The van der Waals surface area contributed by atoms with Crippen LogP contribution < -0.4 is 4.74 Å². The van der Waals surface area contributed by atoms with Crippen molar-refractivity contribution in [3.63, 3.8) is 0 Å². The molecule has 1 fully saturated rings. The zero-order valence-electron chi connectivity index (χ0n) is 10.6. The molecule has 0 aromatic heterocycles. The van der Waals surface area contributed by atoms with Gasteiger partial charge < -0.3 is 9.47 Å². The fourth-order valence-corrected chi connectivity index (χ4v) is 2.27. The van der Waals surface area contributed by atoms with Crippen LogP contribution in [0.4, 0.5) is 5.69 Å². The lowest BCUT2D eigenvalue weighted by Gasteiger charge is -2.13. The Morgan fingerprint density at radius 2 is 2.00 bits per heavy atom. The number of hydrogen-bond acceptors (Lipinski definition) is 5. The number of carbonyl (C=O) groups excluding carboxylic acids is 1. The lowest BCUT2D eigenvalue weighted by atomic mass is 10.1. The summed E-state index contributed by atoms with van der Waals surface area (Å²) in [6.07, 6.45) is 2.13. The van der Waals surface area contributed by atoms with E-state index in [1.807, 2.05) is 0 Å². The number of ether oxygens (including phenoxy) is 2. The standard InChI is InChI=1S/C13H15NO5/c1-18-13(15)9-2-5-12(8-9)19-11-6-3-10(4-7-11)14(16)17/h3-4,6-7,9,12H,2,5,8H2,1H3/t9-,12+/m1/s1. The Morgan fingerprint density at radius 3 is 2.58 bits per heavy atom. The van der Waals surface area contributed by atoms with Crippen LogP contribution in [0.2, 0.25) is 0 Å². The summed E-state index contributed by atoms with van der Waals surface area (Å²) in [5.41, 5.74) is 0.0335. The molecule has 0 amide bonds. The molecule has 1 aromatic carbocycles. The molecule has 2 atom stereocenters. The summed E-state index contributed by atoms with van der Waals surface area (Å²) in [5, 5.41) is 10.5. The second-order valence-corrected chi connectivity index (χ2v) is 4.52. The molecule has 6 nitrogen and oxygen atoms in total. The SMILES string of the molecule is COC(=O)[C@@H]1CC[C@H](Oc2ccc([N+](=O)[O-])cc2)C1. The molecule has 0 saturated heterocycles. The molecule has 0 N–H and O–H groups in total. The van der Waals surface area contributed by atoms with Crippen LogP contribution in [0.25, 0.3) is 0 Å². The van der Waals surface area contributed by atoms with Crippen LogP contribution in [-0.4, -0.2) is 24.1 Å². The topological polar surface area (TPSA) is 78.7 Å². The third-order valence-corrected chi connectivity index (χ3v) is 3.27. The summed E-state index contributed by atoms with van der Waals surface area (Å²) in [7, 11) is 1.38. The largest absolute Gasteiger partial charge is 0.490 e. The van der Waals surface area contributed by atoms with Gasteiger partial charge in [-0.25, -0.2) is 0 Å². The average molecular weight is 265 g/mol. The monoisotopic (exact) mass is 265 g/mol. The molecule has 0 spiro atoms. The van der Waals surface area contributed by atoms with Gasteiger partial charge in [0, 0.05) is 12.1 Å². The van der Waals surface area contributed by atoms with Crippen molar-refractivity contribution in [1.29, 1.82) is 0 Å². The van der Waals surface area contributed by atoms with Crippen LogP contribution in [-0.2, 0) is 9.53 Å². The fourth-order valence-electron chi connectivity index (χ4n) is 2.27. The van der Waals surface area contributed by atoms with E-state index in [1.165, 1.54) is 19.2 Å². The molecular formula is C13H15NO5. The van der Waals surface area contributed by atoms with E-state index in [-0.39, 0.29) is 23.7 Å². The van der Waals surface area contributed by atoms with Crippen molar-refractivity contribution >= 4 is 11.7 Å². The Balaban J connectivity index is 1.92. The van der Waals surface area contributed by atoms with Crippen molar-refractivity contribution in [2.45, 2.75) is 25.4 Å². The molecule has 1 saturated carbocycles. The molecular weight excluding hydrogens is 250 g/mol. The number of hydrogen-bond donors (Lipinski definition) is 0. The van der Waals surface area contributed by atoms with E-state index in [9.17, 15) is 14.9 Å². The van der Waals surface area contributed by atoms with E-state index in [0.717, 1.165) is 12.8 Å². The number of rotatable bonds is 4. The first-order valence-corrected chi connectivity index (χ1v) is 6.09. The quantitative estimate of drug-likeness (QED) is 0.474. The smallest absolute Gasteiger partial charge is 0.308 e. The zero-order valence-corrected chi connectivity index (χ0v) is 10.6. The lowest BCUT2D eigenvalue weighted by Crippen LogP contribution is -2.16. The van der Waals surface area contributed by atoms with Gasteiger partial charge in [0.15, 0.2) is 0 Å². The van der Waals surface area contributed by atoms with E-state index in [4.69, 9.17) is 9.47 Å². The fraction of sp³-hybridized carbons (Fsp3) is 0.462. The molecule has 1 aromatic rings. The van der Waals surface area contributed by atoms with Crippen LogP contribution in [0.15, 0.2) is 24.3 Å². The molecule has 0 bridgehead atoms. The molecule has 102 valence electrons. The van der Waals surface area contributed by atoms with Gasteiger partial charge in [-0.3, -0.25) is 14.9 Å². The van der Waals surface area contributed by atoms with Crippen molar-refractivity contribution in [1.82, 2.24) is 0 Å². The predicted molar refractivity (Wildman–Crippen MR) is 66.9 cm³/mol. The summed E-state index contributed by atoms with van der Waals surface area (Å²) >= 11 is 0. The molecule has 0 aliphatic heterocycles. The Labute approximate surface area is 110 Å². The normalized spacial score (nSPS) is 21.9. The highest BCUT2D eigenvalue weighted by molar-refractivity contribution is 5.72. The second-order valence-electron chi connectivity index (χ2n) is 4.52. The van der Waals surface area contributed by atoms with Gasteiger partial charge in [-0.15, -0.1) is 0 Å². The summed E-state index contributed by atoms with van der Waals surface area (Å²) in [4.78, 5) is 21.4. The molecule has 6 heteroatoms. The van der Waals surface area contributed by atoms with Gasteiger partial charge >= 0.3 is 5.97 Å². The third kappa shape index (κ3) is 3.21. The van der Waals surface area contributed by atoms with E-state index in [0.29, 0.717) is 12.2 Å². The summed E-state index contributed by atoms with van der Waals surface area (Å²) < 4.78 is 10.4. The van der Waals surface area contributed by atoms with Crippen LogP contribution >= 0.6 is 0 Å². The maximum absolute atomic E-state index is 11.4. The maximum Gasteiger partial charge on any atom is 0.308 e. The van der Waals surface area contributed by atoms with Crippen LogP contribution in [0.5, 0.6) is 5.75 Å². The highest BCUT2D eigenvalue weighted by atomic mass is 16.6. The Bertz CT molecular complexity index is 470. The van der Waals surface area contributed by atoms with Crippen molar-refractivity contribution < 1.29 is 19.2 Å². The Morgan fingerprint density at radius 1 is 1.32 bits per heavy atom. The number of esters is 1. The van der Waals surface area contributed by atoms with Crippen molar-refractivity contribution in [3.05, 3.63) is 34.4 Å². The first kappa shape index (κ1) is 13.3. The highest BCUT2D eigenvalue weighted by Gasteiger charge is 2.31. The minimum absolute atomic E-state index is 0.0335. The molecule has 19 heavy (non-hydrogen) atoms. The minimum Gasteiger partial charge on any atom is -0.490 e. The van der Waals surface area contributed by atoms with Gasteiger partial charge in [-0.1, -0.05) is 0 Å². The van der Waals surface area contributed by atoms with Gasteiger partial charge in [0.05, 0.1) is 24.1 Å². The van der Waals surface area contributed by atoms with Crippen LogP contribution in [0.3, 0.4) is 0 Å². The van der Waals surface area contributed by atoms with Gasteiger partial charge in [0.2, 0.25) is 0 Å². The number of carbonyl (C=O) groups is 1. The van der Waals surface area contributed by atoms with Crippen LogP contribution in [0, 0.1) is 16.0 Å². The van der Waals surface area contributed by atoms with Gasteiger partial charge in [0.25, 0.3) is 5.69 Å². The predicted octanol–water partition coefficient (Wildman–Crippen LogP) is 2.32. The summed E-state index contributed by atoms with van der Waals surface area (Å²) in [6.45, 7) is 0. The summed E-state index contributed by atoms with van der Waals surface area (Å²) in [5.74, 6) is 0.281. The number of nitro benzene ring substituents is 1. The number of nitro groups is 1. The van der Waals surface area contributed by atoms with Crippen molar-refractivity contribution in [2.24, 2.45) is 5.92 Å². The number of non-ortho nitro benzene ring substituents is 1. The van der Waals surface area contributed by atoms with Crippen molar-refractivity contribution in [2.75, 3.05) is 7.11 Å². The molecule has 0 radical (unpaired) electrons. The minimum atomic E-state index is -0.452. The van der Waals surface area contributed by atoms with Gasteiger partial charge in [0.1, 0.15) is 5.75 Å². The van der Waals surface area contributed by atoms with E-state index < -0.39 is 4.92 Å². The maximum atomic E-state index is 11.4. The zero-order chi connectivity index (χ0) is 13.8. The van der Waals surface area contributed by atoms with Gasteiger partial charge in [-0.2, -0.15) is 0 Å². The molecule has 1 aliphatic carbocycles. The Hall–Kier alpha value is -2.11. The van der Waals surface area contributed by atoms with Crippen molar-refractivity contribution in [3.8, 4) is 5.75 Å². The highest BCUT2D eigenvalue weighted by Crippen LogP contribution is 2.30. The van der Waals surface area contributed by atoms with E-state index in [1.54, 1.807) is 12.1 Å². The lowest BCUT2D eigenvalue weighted by molar-refractivity contribution is -0.384. The molecule has 1 aliphatic rings. The van der Waals surface area contributed by atoms with E-state index >= 15 is 0 Å². The third-order valence-electron chi connectivity index (χ3n) is 3.27. The summed E-state index contributed by atoms with van der Waals surface area (Å²) in [6, 6.07) is 5.96. The Kier molecular flexibility index (Phi) is 3.99. The first-order valence-electron chi connectivity index (χ1n) is 6.09. The van der Waals surface area contributed by atoms with Crippen LogP contribution in [0.1, 0.15) is 19.3 Å². The number of benzene rings is 1. The number of nitrogens with zero attached hydrogens (tertiary/aromatic N) is 1. The first-order chi connectivity index (χ1) is 9.10. The second kappa shape index (κ2) is 5.69. The van der Waals surface area contributed by atoms with E-state index in [2.05, 4.69) is 0 Å². The molecule has 0 heterocycles.